The van der Waals surface area contributed by atoms with Crippen LogP contribution < -0.4 is 14.8 Å². The van der Waals surface area contributed by atoms with E-state index in [0.29, 0.717) is 24.6 Å². The smallest absolute Gasteiger partial charge is 0.234 e. The monoisotopic (exact) mass is 310 g/mol. The highest BCUT2D eigenvalue weighted by atomic mass is 16.5. The molecule has 1 amide bonds. The largest absolute Gasteiger partial charge is 0.497 e. The van der Waals surface area contributed by atoms with Gasteiger partial charge in [-0.1, -0.05) is 6.92 Å². The number of hydrogen-bond acceptors (Lipinski definition) is 5. The molecule has 0 aliphatic heterocycles. The molecule has 0 aliphatic rings. The van der Waals surface area contributed by atoms with Crippen molar-refractivity contribution < 1.29 is 19.4 Å². The molecule has 0 aromatic heterocycles. The van der Waals surface area contributed by atoms with Crippen molar-refractivity contribution in [2.75, 3.05) is 40.5 Å². The number of methoxy groups -OCH3 is 2. The molecule has 6 heteroatoms. The van der Waals surface area contributed by atoms with Gasteiger partial charge in [-0.3, -0.25) is 9.69 Å². The molecule has 0 fully saturated rings. The van der Waals surface area contributed by atoms with Crippen LogP contribution in [0.1, 0.15) is 25.5 Å². The molecule has 2 N–H and O–H groups in total. The molecule has 0 aliphatic carbocycles. The summed E-state index contributed by atoms with van der Waals surface area (Å²) in [6.45, 7) is 5.36. The fourth-order valence-corrected chi connectivity index (χ4v) is 2.24. The van der Waals surface area contributed by atoms with Crippen molar-refractivity contribution in [2.45, 2.75) is 19.9 Å². The maximum Gasteiger partial charge on any atom is 0.234 e. The molecule has 0 bridgehead atoms. The SMILES string of the molecule is CCN(CCO)CC(=O)NC(C)c1cc(OC)ccc1OC. The number of ether oxygens (including phenoxy) is 2. The van der Waals surface area contributed by atoms with E-state index in [1.165, 1.54) is 0 Å². The first-order valence-corrected chi connectivity index (χ1v) is 7.40. The van der Waals surface area contributed by atoms with E-state index < -0.39 is 0 Å². The summed E-state index contributed by atoms with van der Waals surface area (Å²) < 4.78 is 10.6. The topological polar surface area (TPSA) is 71.0 Å². The number of rotatable bonds is 9. The van der Waals surface area contributed by atoms with E-state index in [1.807, 2.05) is 36.9 Å². The zero-order chi connectivity index (χ0) is 16.5. The number of aliphatic hydroxyl groups is 1. The van der Waals surface area contributed by atoms with Crippen LogP contribution in [0.3, 0.4) is 0 Å². The summed E-state index contributed by atoms with van der Waals surface area (Å²) >= 11 is 0. The Labute approximate surface area is 132 Å². The molecule has 124 valence electrons. The fraction of sp³-hybridized carbons (Fsp3) is 0.562. The van der Waals surface area contributed by atoms with E-state index in [2.05, 4.69) is 5.32 Å². The van der Waals surface area contributed by atoms with Gasteiger partial charge in [-0.05, 0) is 31.7 Å². The third kappa shape index (κ3) is 5.20. The molecule has 0 radical (unpaired) electrons. The van der Waals surface area contributed by atoms with Crippen LogP contribution in [0, 0.1) is 0 Å². The first-order valence-electron chi connectivity index (χ1n) is 7.40. The predicted octanol–water partition coefficient (Wildman–Crippen LogP) is 1.20. The molecule has 0 spiro atoms. The summed E-state index contributed by atoms with van der Waals surface area (Å²) in [4.78, 5) is 14.0. The number of aliphatic hydroxyl groups excluding tert-OH is 1. The van der Waals surface area contributed by atoms with Crippen molar-refractivity contribution in [3.63, 3.8) is 0 Å². The second kappa shape index (κ2) is 9.27. The Morgan fingerprint density at radius 1 is 1.36 bits per heavy atom. The summed E-state index contributed by atoms with van der Waals surface area (Å²) in [7, 11) is 3.20. The quantitative estimate of drug-likeness (QED) is 0.717. The molecular weight excluding hydrogens is 284 g/mol. The van der Waals surface area contributed by atoms with Crippen molar-refractivity contribution in [1.29, 1.82) is 0 Å². The minimum Gasteiger partial charge on any atom is -0.497 e. The number of likely N-dealkylation sites (N-methyl/N-ethyl adjacent to an activating group) is 1. The van der Waals surface area contributed by atoms with Crippen molar-refractivity contribution in [1.82, 2.24) is 10.2 Å². The van der Waals surface area contributed by atoms with Crippen LogP contribution in [0.2, 0.25) is 0 Å². The lowest BCUT2D eigenvalue weighted by Crippen LogP contribution is -2.39. The Morgan fingerprint density at radius 3 is 2.64 bits per heavy atom. The Balaban J connectivity index is 2.75. The van der Waals surface area contributed by atoms with Gasteiger partial charge in [0, 0.05) is 12.1 Å². The van der Waals surface area contributed by atoms with E-state index in [9.17, 15) is 4.79 Å². The Hall–Kier alpha value is -1.79. The molecule has 0 saturated carbocycles. The van der Waals surface area contributed by atoms with Crippen LogP contribution in [0.5, 0.6) is 11.5 Å². The number of benzene rings is 1. The Morgan fingerprint density at radius 2 is 2.09 bits per heavy atom. The van der Waals surface area contributed by atoms with Crippen molar-refractivity contribution in [3.8, 4) is 11.5 Å². The highest BCUT2D eigenvalue weighted by Crippen LogP contribution is 2.29. The number of hydrogen-bond donors (Lipinski definition) is 2. The van der Waals surface area contributed by atoms with E-state index in [4.69, 9.17) is 14.6 Å². The molecule has 6 nitrogen and oxygen atoms in total. The molecule has 1 unspecified atom stereocenters. The van der Waals surface area contributed by atoms with E-state index in [1.54, 1.807) is 14.2 Å². The third-order valence-electron chi connectivity index (χ3n) is 3.51. The number of amides is 1. The minimum atomic E-state index is -0.203. The second-order valence-corrected chi connectivity index (χ2v) is 4.99. The van der Waals surface area contributed by atoms with Crippen LogP contribution >= 0.6 is 0 Å². The molecule has 1 aromatic carbocycles. The van der Waals surface area contributed by atoms with Gasteiger partial charge in [0.15, 0.2) is 0 Å². The average Bonchev–Trinajstić information content (AvgIpc) is 2.53. The van der Waals surface area contributed by atoms with Crippen molar-refractivity contribution in [3.05, 3.63) is 23.8 Å². The fourth-order valence-electron chi connectivity index (χ4n) is 2.24. The van der Waals surface area contributed by atoms with Gasteiger partial charge in [-0.15, -0.1) is 0 Å². The maximum atomic E-state index is 12.1. The van der Waals surface area contributed by atoms with E-state index >= 15 is 0 Å². The molecule has 0 heterocycles. The van der Waals surface area contributed by atoms with Crippen LogP contribution in [0.15, 0.2) is 18.2 Å². The van der Waals surface area contributed by atoms with Crippen LogP contribution in [-0.4, -0.2) is 56.4 Å². The highest BCUT2D eigenvalue weighted by molar-refractivity contribution is 5.78. The summed E-state index contributed by atoms with van der Waals surface area (Å²) in [5.41, 5.74) is 0.861. The third-order valence-corrected chi connectivity index (χ3v) is 3.51. The summed E-state index contributed by atoms with van der Waals surface area (Å²) in [5.74, 6) is 1.33. The first kappa shape index (κ1) is 18.3. The molecule has 1 aromatic rings. The van der Waals surface area contributed by atoms with Crippen molar-refractivity contribution in [2.24, 2.45) is 0 Å². The molecule has 0 saturated heterocycles. The lowest BCUT2D eigenvalue weighted by atomic mass is 10.1. The summed E-state index contributed by atoms with van der Waals surface area (Å²) in [5, 5.41) is 11.9. The van der Waals surface area contributed by atoms with Gasteiger partial charge in [-0.25, -0.2) is 0 Å². The van der Waals surface area contributed by atoms with Gasteiger partial charge < -0.3 is 19.9 Å². The number of nitrogens with zero attached hydrogens (tertiary/aromatic N) is 1. The normalized spacial score (nSPS) is 12.1. The van der Waals surface area contributed by atoms with E-state index in [-0.39, 0.29) is 25.1 Å². The molecular formula is C16H26N2O4. The molecule has 22 heavy (non-hydrogen) atoms. The van der Waals surface area contributed by atoms with Gasteiger partial charge in [0.2, 0.25) is 5.91 Å². The zero-order valence-electron chi connectivity index (χ0n) is 13.8. The Bertz CT molecular complexity index is 479. The average molecular weight is 310 g/mol. The van der Waals surface area contributed by atoms with Crippen LogP contribution in [0.25, 0.3) is 0 Å². The Kier molecular flexibility index (Phi) is 7.70. The number of nitrogens with one attached hydrogen (secondary N) is 1. The lowest BCUT2D eigenvalue weighted by Gasteiger charge is -2.22. The maximum absolute atomic E-state index is 12.1. The lowest BCUT2D eigenvalue weighted by molar-refractivity contribution is -0.122. The molecule has 1 rings (SSSR count). The second-order valence-electron chi connectivity index (χ2n) is 4.99. The highest BCUT2D eigenvalue weighted by Gasteiger charge is 2.16. The van der Waals surface area contributed by atoms with Gasteiger partial charge in [0.25, 0.3) is 0 Å². The first-order chi connectivity index (χ1) is 10.5. The number of carbonyl (C=O) groups excluding carboxylic acids is 1. The number of carbonyl (C=O) groups is 1. The van der Waals surface area contributed by atoms with Gasteiger partial charge in [0.1, 0.15) is 11.5 Å². The van der Waals surface area contributed by atoms with E-state index in [0.717, 1.165) is 5.56 Å². The standard InChI is InChI=1S/C16H26N2O4/c1-5-18(8-9-19)11-16(20)17-12(2)14-10-13(21-3)6-7-15(14)22-4/h6-7,10,12,19H,5,8-9,11H2,1-4H3,(H,17,20). The zero-order valence-corrected chi connectivity index (χ0v) is 13.8. The van der Waals surface area contributed by atoms with Crippen LogP contribution in [-0.2, 0) is 4.79 Å². The minimum absolute atomic E-state index is 0.0420. The molecule has 1 atom stereocenters. The van der Waals surface area contributed by atoms with Crippen LogP contribution in [0.4, 0.5) is 0 Å². The van der Waals surface area contributed by atoms with Gasteiger partial charge >= 0.3 is 0 Å². The van der Waals surface area contributed by atoms with Gasteiger partial charge in [-0.2, -0.15) is 0 Å². The summed E-state index contributed by atoms with van der Waals surface area (Å²) in [6, 6.07) is 5.29. The van der Waals surface area contributed by atoms with Crippen molar-refractivity contribution >= 4 is 5.91 Å². The summed E-state index contributed by atoms with van der Waals surface area (Å²) in [6.07, 6.45) is 0. The van der Waals surface area contributed by atoms with Gasteiger partial charge in [0.05, 0.1) is 33.4 Å². The predicted molar refractivity (Wildman–Crippen MR) is 85.3 cm³/mol.